The van der Waals surface area contributed by atoms with Crippen LogP contribution in [0.2, 0.25) is 0 Å². The summed E-state index contributed by atoms with van der Waals surface area (Å²) < 4.78 is 6.86. The van der Waals surface area contributed by atoms with Gasteiger partial charge in [0.2, 0.25) is 0 Å². The molecule has 2 nitrogen and oxygen atoms in total. The number of furan rings is 1. The number of benzene rings is 9. The average Bonchev–Trinajstić information content (AvgIpc) is 3.59. The van der Waals surface area contributed by atoms with Crippen molar-refractivity contribution in [3.8, 4) is 33.4 Å². The van der Waals surface area contributed by atoms with Crippen LogP contribution in [-0.2, 0) is 0 Å². The lowest BCUT2D eigenvalue weighted by Gasteiger charge is -2.14. The third-order valence-electron chi connectivity index (χ3n) is 10.0. The first kappa shape index (κ1) is 28.4. The monoisotopic (exact) mass is 637 g/mol. The molecular weight excluding hydrogens is 607 g/mol. The first-order valence-corrected chi connectivity index (χ1v) is 17.1. The minimum atomic E-state index is 0.852. The van der Waals surface area contributed by atoms with Crippen molar-refractivity contribution < 1.29 is 4.42 Å². The number of anilines is 2. The maximum absolute atomic E-state index is 6.86. The van der Waals surface area contributed by atoms with Crippen molar-refractivity contribution in [1.82, 2.24) is 0 Å². The Balaban J connectivity index is 1.06. The van der Waals surface area contributed by atoms with Gasteiger partial charge in [-0.15, -0.1) is 0 Å². The Morgan fingerprint density at radius 1 is 0.320 bits per heavy atom. The van der Waals surface area contributed by atoms with Crippen molar-refractivity contribution >= 4 is 65.6 Å². The molecule has 0 radical (unpaired) electrons. The maximum atomic E-state index is 6.86. The molecule has 50 heavy (non-hydrogen) atoms. The zero-order valence-corrected chi connectivity index (χ0v) is 27.2. The fourth-order valence-corrected chi connectivity index (χ4v) is 7.53. The van der Waals surface area contributed by atoms with Crippen LogP contribution in [0.15, 0.2) is 186 Å². The van der Waals surface area contributed by atoms with E-state index in [2.05, 4.69) is 187 Å². The van der Waals surface area contributed by atoms with E-state index in [1.54, 1.807) is 0 Å². The van der Waals surface area contributed by atoms with Crippen LogP contribution in [0.3, 0.4) is 0 Å². The molecule has 0 fully saturated rings. The SMILES string of the molecule is c1ccc(-c2cc3ccccc3c3c2oc2c(Nc4ccccc4-c4ccc5cc(-c6ccc7ccccc7c6)ccc5c4)cccc23)cc1. The molecule has 0 bridgehead atoms. The summed E-state index contributed by atoms with van der Waals surface area (Å²) in [6.07, 6.45) is 0. The van der Waals surface area contributed by atoms with E-state index in [1.807, 2.05) is 0 Å². The van der Waals surface area contributed by atoms with Crippen LogP contribution in [0.5, 0.6) is 0 Å². The highest BCUT2D eigenvalue weighted by atomic mass is 16.3. The summed E-state index contributed by atoms with van der Waals surface area (Å²) in [6, 6.07) is 65.1. The standard InChI is InChI=1S/C48H31NO/c1-2-12-32(13-3-1)43-30-38-15-6-7-17-41(38)46-42-18-10-20-45(47(42)50-48(43)46)49-44-19-9-8-16-40(44)39-26-25-36-28-35(23-24-37(36)29-39)34-22-21-31-11-4-5-14-33(31)27-34/h1-30,49H. The van der Waals surface area contributed by atoms with E-state index >= 15 is 0 Å². The third kappa shape index (κ3) is 4.73. The number of rotatable bonds is 5. The minimum Gasteiger partial charge on any atom is -0.453 e. The molecule has 0 saturated carbocycles. The van der Waals surface area contributed by atoms with Crippen LogP contribution < -0.4 is 5.32 Å². The molecule has 1 aromatic heterocycles. The molecule has 0 amide bonds. The van der Waals surface area contributed by atoms with Gasteiger partial charge in [0.25, 0.3) is 0 Å². The summed E-state index contributed by atoms with van der Waals surface area (Å²) in [5.41, 5.74) is 10.7. The Labute approximate surface area is 289 Å². The molecule has 0 saturated heterocycles. The summed E-state index contributed by atoms with van der Waals surface area (Å²) in [7, 11) is 0. The van der Waals surface area contributed by atoms with Crippen molar-refractivity contribution in [2.45, 2.75) is 0 Å². The fraction of sp³-hybridized carbons (Fsp3) is 0. The Morgan fingerprint density at radius 3 is 1.72 bits per heavy atom. The van der Waals surface area contributed by atoms with E-state index in [0.29, 0.717) is 0 Å². The van der Waals surface area contributed by atoms with Crippen molar-refractivity contribution in [2.24, 2.45) is 0 Å². The van der Waals surface area contributed by atoms with Gasteiger partial charge in [-0.3, -0.25) is 0 Å². The zero-order chi connectivity index (χ0) is 33.0. The van der Waals surface area contributed by atoms with Gasteiger partial charge in [0.05, 0.1) is 5.69 Å². The summed E-state index contributed by atoms with van der Waals surface area (Å²) in [4.78, 5) is 0. The maximum Gasteiger partial charge on any atom is 0.158 e. The molecule has 0 atom stereocenters. The molecule has 1 N–H and O–H groups in total. The topological polar surface area (TPSA) is 25.2 Å². The normalized spacial score (nSPS) is 11.6. The molecular formula is C48H31NO. The largest absolute Gasteiger partial charge is 0.453 e. The van der Waals surface area contributed by atoms with E-state index in [4.69, 9.17) is 4.42 Å². The van der Waals surface area contributed by atoms with Crippen molar-refractivity contribution in [2.75, 3.05) is 5.32 Å². The van der Waals surface area contributed by atoms with E-state index in [-0.39, 0.29) is 0 Å². The van der Waals surface area contributed by atoms with Crippen LogP contribution >= 0.6 is 0 Å². The van der Waals surface area contributed by atoms with Crippen LogP contribution in [0.25, 0.3) is 87.6 Å². The van der Waals surface area contributed by atoms with Gasteiger partial charge in [0.1, 0.15) is 5.58 Å². The molecule has 0 aliphatic rings. The Bertz CT molecular complexity index is 2900. The Morgan fingerprint density at radius 2 is 0.900 bits per heavy atom. The van der Waals surface area contributed by atoms with E-state index < -0.39 is 0 Å². The van der Waals surface area contributed by atoms with Gasteiger partial charge in [0.15, 0.2) is 5.58 Å². The molecule has 0 aliphatic carbocycles. The lowest BCUT2D eigenvalue weighted by molar-refractivity contribution is 0.671. The average molecular weight is 638 g/mol. The predicted molar refractivity (Wildman–Crippen MR) is 212 cm³/mol. The molecule has 1 heterocycles. The molecule has 10 rings (SSSR count). The molecule has 0 spiro atoms. The number of hydrogen-bond acceptors (Lipinski definition) is 2. The number of nitrogens with one attached hydrogen (secondary N) is 1. The summed E-state index contributed by atoms with van der Waals surface area (Å²) in [5, 5.41) is 13.4. The smallest absolute Gasteiger partial charge is 0.158 e. The van der Waals surface area contributed by atoms with Crippen molar-refractivity contribution in [3.05, 3.63) is 182 Å². The van der Waals surface area contributed by atoms with E-state index in [0.717, 1.165) is 55.6 Å². The second-order valence-corrected chi connectivity index (χ2v) is 13.0. The summed E-state index contributed by atoms with van der Waals surface area (Å²) >= 11 is 0. The van der Waals surface area contributed by atoms with Gasteiger partial charge in [-0.1, -0.05) is 146 Å². The first-order chi connectivity index (χ1) is 24.8. The minimum absolute atomic E-state index is 0.852. The highest BCUT2D eigenvalue weighted by molar-refractivity contribution is 6.24. The lowest BCUT2D eigenvalue weighted by atomic mass is 9.96. The summed E-state index contributed by atoms with van der Waals surface area (Å²) in [6.45, 7) is 0. The van der Waals surface area contributed by atoms with Crippen molar-refractivity contribution in [3.63, 3.8) is 0 Å². The van der Waals surface area contributed by atoms with Gasteiger partial charge in [0, 0.05) is 27.6 Å². The third-order valence-corrected chi connectivity index (χ3v) is 10.0. The molecule has 9 aromatic carbocycles. The highest BCUT2D eigenvalue weighted by Crippen LogP contribution is 2.44. The molecule has 2 heteroatoms. The van der Waals surface area contributed by atoms with Gasteiger partial charge in [-0.25, -0.2) is 0 Å². The second-order valence-electron chi connectivity index (χ2n) is 13.0. The Hall–Kier alpha value is -6.64. The lowest BCUT2D eigenvalue weighted by Crippen LogP contribution is -1.94. The Kier molecular flexibility index (Phi) is 6.53. The van der Waals surface area contributed by atoms with Gasteiger partial charge in [-0.05, 0) is 91.0 Å². The van der Waals surface area contributed by atoms with Gasteiger partial charge in [-0.2, -0.15) is 0 Å². The zero-order valence-electron chi connectivity index (χ0n) is 27.2. The van der Waals surface area contributed by atoms with Gasteiger partial charge >= 0.3 is 0 Å². The molecule has 10 aromatic rings. The van der Waals surface area contributed by atoms with Gasteiger partial charge < -0.3 is 9.73 Å². The van der Waals surface area contributed by atoms with Crippen LogP contribution in [0.4, 0.5) is 11.4 Å². The molecule has 234 valence electrons. The summed E-state index contributed by atoms with van der Waals surface area (Å²) in [5.74, 6) is 0. The van der Waals surface area contributed by atoms with Crippen molar-refractivity contribution in [1.29, 1.82) is 0 Å². The fourth-order valence-electron chi connectivity index (χ4n) is 7.53. The number of para-hydroxylation sites is 2. The van der Waals surface area contributed by atoms with E-state index in [1.165, 1.54) is 43.4 Å². The number of fused-ring (bicyclic) bond motifs is 7. The number of hydrogen-bond donors (Lipinski definition) is 1. The highest BCUT2D eigenvalue weighted by Gasteiger charge is 2.19. The second kappa shape index (κ2) is 11.5. The van der Waals surface area contributed by atoms with Crippen LogP contribution in [-0.4, -0.2) is 0 Å². The van der Waals surface area contributed by atoms with E-state index in [9.17, 15) is 0 Å². The molecule has 0 unspecified atom stereocenters. The first-order valence-electron chi connectivity index (χ1n) is 17.1. The van der Waals surface area contributed by atoms with Crippen LogP contribution in [0.1, 0.15) is 0 Å². The quantitative estimate of drug-likeness (QED) is 0.203. The predicted octanol–water partition coefficient (Wildman–Crippen LogP) is 13.8. The molecule has 0 aliphatic heterocycles. The van der Waals surface area contributed by atoms with Crippen LogP contribution in [0, 0.1) is 0 Å².